The molecule has 0 fully saturated rings. The lowest BCUT2D eigenvalue weighted by atomic mass is 10.0. The molecule has 2 aromatic heterocycles. The number of methoxy groups -OCH3 is 1. The van der Waals surface area contributed by atoms with Crippen LogP contribution in [0.25, 0.3) is 16.7 Å². The number of pyridine rings is 1. The number of carbonyl (C=O) groups excluding carboxylic acids is 1. The van der Waals surface area contributed by atoms with Gasteiger partial charge in [-0.15, -0.1) is 0 Å². The van der Waals surface area contributed by atoms with E-state index >= 15 is 0 Å². The van der Waals surface area contributed by atoms with Gasteiger partial charge in [0.05, 0.1) is 18.0 Å². The Balaban J connectivity index is 2.00. The molecule has 0 bridgehead atoms. The highest BCUT2D eigenvalue weighted by atomic mass is 16.5. The topological polar surface area (TPSA) is 78.2 Å². The predicted molar refractivity (Wildman–Crippen MR) is 109 cm³/mol. The fourth-order valence-electron chi connectivity index (χ4n) is 3.54. The van der Waals surface area contributed by atoms with Gasteiger partial charge in [0, 0.05) is 38.1 Å². The lowest BCUT2D eigenvalue weighted by Gasteiger charge is -2.12. The Morgan fingerprint density at radius 1 is 1.21 bits per heavy atom. The van der Waals surface area contributed by atoms with Crippen LogP contribution >= 0.6 is 0 Å². The normalized spacial score (nSPS) is 11.1. The minimum atomic E-state index is -0.0910. The SMILES string of the molecule is COCCNC(=O)CCc1c(C)c2c(C)nn(-c3ccccc3)c2n(C)c1=O. The van der Waals surface area contributed by atoms with Crippen molar-refractivity contribution in [2.45, 2.75) is 26.7 Å². The Hall–Kier alpha value is -2.93. The van der Waals surface area contributed by atoms with Crippen LogP contribution in [-0.2, 0) is 23.0 Å². The summed E-state index contributed by atoms with van der Waals surface area (Å²) in [5.41, 5.74) is 3.99. The summed E-state index contributed by atoms with van der Waals surface area (Å²) in [7, 11) is 3.35. The molecule has 28 heavy (non-hydrogen) atoms. The zero-order valence-electron chi connectivity index (χ0n) is 16.8. The lowest BCUT2D eigenvalue weighted by Crippen LogP contribution is -2.29. The van der Waals surface area contributed by atoms with Crippen LogP contribution in [-0.4, -0.2) is 40.5 Å². The molecule has 0 atom stereocenters. The van der Waals surface area contributed by atoms with Crippen molar-refractivity contribution in [3.05, 3.63) is 57.5 Å². The van der Waals surface area contributed by atoms with Crippen LogP contribution in [0.15, 0.2) is 35.1 Å². The van der Waals surface area contributed by atoms with Crippen molar-refractivity contribution >= 4 is 16.9 Å². The molecule has 3 aromatic rings. The highest BCUT2D eigenvalue weighted by Crippen LogP contribution is 2.25. The summed E-state index contributed by atoms with van der Waals surface area (Å²) >= 11 is 0. The van der Waals surface area contributed by atoms with E-state index in [4.69, 9.17) is 4.74 Å². The highest BCUT2D eigenvalue weighted by Gasteiger charge is 2.20. The third kappa shape index (κ3) is 3.71. The molecule has 7 heteroatoms. The molecular weight excluding hydrogens is 356 g/mol. The molecule has 7 nitrogen and oxygen atoms in total. The van der Waals surface area contributed by atoms with Gasteiger partial charge in [-0.2, -0.15) is 5.10 Å². The maximum Gasteiger partial charge on any atom is 0.255 e. The molecule has 3 rings (SSSR count). The molecule has 1 amide bonds. The number of carbonyl (C=O) groups is 1. The molecule has 1 N–H and O–H groups in total. The number of hydrogen-bond donors (Lipinski definition) is 1. The van der Waals surface area contributed by atoms with E-state index in [9.17, 15) is 9.59 Å². The number of amides is 1. The van der Waals surface area contributed by atoms with Gasteiger partial charge in [0.1, 0.15) is 5.65 Å². The smallest absolute Gasteiger partial charge is 0.255 e. The molecule has 0 saturated heterocycles. The Bertz CT molecular complexity index is 1050. The average Bonchev–Trinajstić information content (AvgIpc) is 3.04. The van der Waals surface area contributed by atoms with Gasteiger partial charge in [0.2, 0.25) is 5.91 Å². The Morgan fingerprint density at radius 2 is 1.93 bits per heavy atom. The van der Waals surface area contributed by atoms with Gasteiger partial charge in [-0.1, -0.05) is 18.2 Å². The second-order valence-electron chi connectivity index (χ2n) is 6.84. The summed E-state index contributed by atoms with van der Waals surface area (Å²) in [5.74, 6) is -0.0877. The van der Waals surface area contributed by atoms with Crippen molar-refractivity contribution in [2.75, 3.05) is 20.3 Å². The summed E-state index contributed by atoms with van der Waals surface area (Å²) in [6, 6.07) is 9.76. The van der Waals surface area contributed by atoms with E-state index in [-0.39, 0.29) is 17.9 Å². The van der Waals surface area contributed by atoms with Crippen LogP contribution in [0.3, 0.4) is 0 Å². The van der Waals surface area contributed by atoms with E-state index in [1.165, 1.54) is 0 Å². The Morgan fingerprint density at radius 3 is 2.61 bits per heavy atom. The van der Waals surface area contributed by atoms with Crippen molar-refractivity contribution in [1.82, 2.24) is 19.7 Å². The van der Waals surface area contributed by atoms with Crippen LogP contribution in [0.4, 0.5) is 0 Å². The molecule has 0 unspecified atom stereocenters. The zero-order valence-corrected chi connectivity index (χ0v) is 16.8. The second kappa shape index (κ2) is 8.39. The van der Waals surface area contributed by atoms with Gasteiger partial charge in [-0.3, -0.25) is 14.2 Å². The van der Waals surface area contributed by atoms with E-state index in [1.807, 2.05) is 44.2 Å². The van der Waals surface area contributed by atoms with Crippen molar-refractivity contribution < 1.29 is 9.53 Å². The number of aromatic nitrogens is 3. The minimum absolute atomic E-state index is 0.0877. The van der Waals surface area contributed by atoms with Gasteiger partial charge >= 0.3 is 0 Å². The Kier molecular flexibility index (Phi) is 5.94. The number of benzene rings is 1. The van der Waals surface area contributed by atoms with E-state index in [2.05, 4.69) is 10.4 Å². The molecule has 0 saturated carbocycles. The third-order valence-electron chi connectivity index (χ3n) is 4.98. The number of aryl methyl sites for hydroxylation is 3. The van der Waals surface area contributed by atoms with E-state index < -0.39 is 0 Å². The molecule has 0 spiro atoms. The molecule has 148 valence electrons. The van der Waals surface area contributed by atoms with Gasteiger partial charge in [-0.05, 0) is 38.0 Å². The number of nitrogens with one attached hydrogen (secondary N) is 1. The van der Waals surface area contributed by atoms with Crippen LogP contribution in [0, 0.1) is 13.8 Å². The maximum absolute atomic E-state index is 13.0. The van der Waals surface area contributed by atoms with Crippen molar-refractivity contribution in [1.29, 1.82) is 0 Å². The van der Waals surface area contributed by atoms with Gasteiger partial charge in [0.25, 0.3) is 5.56 Å². The highest BCUT2D eigenvalue weighted by molar-refractivity contribution is 5.85. The number of para-hydroxylation sites is 1. The molecule has 0 radical (unpaired) electrons. The number of rotatable bonds is 7. The molecule has 0 aliphatic rings. The van der Waals surface area contributed by atoms with Crippen LogP contribution in [0.5, 0.6) is 0 Å². The number of nitrogens with zero attached hydrogens (tertiary/aromatic N) is 3. The summed E-state index contributed by atoms with van der Waals surface area (Å²) < 4.78 is 8.37. The molecule has 0 aliphatic heterocycles. The largest absolute Gasteiger partial charge is 0.383 e. The third-order valence-corrected chi connectivity index (χ3v) is 4.98. The van der Waals surface area contributed by atoms with Crippen molar-refractivity contribution in [3.63, 3.8) is 0 Å². The quantitative estimate of drug-likeness (QED) is 0.635. The monoisotopic (exact) mass is 382 g/mol. The van der Waals surface area contributed by atoms with Gasteiger partial charge in [-0.25, -0.2) is 4.68 Å². The maximum atomic E-state index is 13.0. The first-order chi connectivity index (χ1) is 13.5. The number of hydrogen-bond acceptors (Lipinski definition) is 4. The first-order valence-electron chi connectivity index (χ1n) is 9.34. The second-order valence-corrected chi connectivity index (χ2v) is 6.84. The molecule has 2 heterocycles. The number of ether oxygens (including phenoxy) is 1. The van der Waals surface area contributed by atoms with E-state index in [0.29, 0.717) is 25.1 Å². The summed E-state index contributed by atoms with van der Waals surface area (Å²) in [5, 5.41) is 8.42. The van der Waals surface area contributed by atoms with Crippen LogP contribution in [0.2, 0.25) is 0 Å². The fourth-order valence-corrected chi connectivity index (χ4v) is 3.54. The Labute approximate surface area is 163 Å². The summed E-state index contributed by atoms with van der Waals surface area (Å²) in [4.78, 5) is 25.1. The van der Waals surface area contributed by atoms with Crippen molar-refractivity contribution in [3.8, 4) is 5.69 Å². The standard InChI is InChI=1S/C21H26N4O3/c1-14-17(10-11-18(26)22-12-13-28-4)21(27)24(3)20-19(14)15(2)23-25(20)16-8-6-5-7-9-16/h5-9H,10-13H2,1-4H3,(H,22,26). The minimum Gasteiger partial charge on any atom is -0.383 e. The molecule has 0 aliphatic carbocycles. The number of fused-ring (bicyclic) bond motifs is 1. The fraction of sp³-hybridized carbons (Fsp3) is 0.381. The summed E-state index contributed by atoms with van der Waals surface area (Å²) in [6.07, 6.45) is 0.653. The molecular formula is C21H26N4O3. The first-order valence-corrected chi connectivity index (χ1v) is 9.34. The van der Waals surface area contributed by atoms with Crippen molar-refractivity contribution in [2.24, 2.45) is 7.05 Å². The summed E-state index contributed by atoms with van der Waals surface area (Å²) in [6.45, 7) is 4.82. The lowest BCUT2D eigenvalue weighted by molar-refractivity contribution is -0.121. The van der Waals surface area contributed by atoms with E-state index in [1.54, 1.807) is 23.4 Å². The molecule has 1 aromatic carbocycles. The first kappa shape index (κ1) is 19.8. The van der Waals surface area contributed by atoms with Gasteiger partial charge < -0.3 is 10.1 Å². The average molecular weight is 382 g/mol. The van der Waals surface area contributed by atoms with E-state index in [0.717, 1.165) is 28.0 Å². The van der Waals surface area contributed by atoms with Crippen LogP contribution in [0.1, 0.15) is 23.2 Å². The van der Waals surface area contributed by atoms with Gasteiger partial charge in [0.15, 0.2) is 0 Å². The predicted octanol–water partition coefficient (Wildman–Crippen LogP) is 2.04. The zero-order chi connectivity index (χ0) is 20.3. The van der Waals surface area contributed by atoms with Crippen LogP contribution < -0.4 is 10.9 Å².